The molecule has 126 valence electrons. The number of anilines is 1. The van der Waals surface area contributed by atoms with Gasteiger partial charge in [-0.15, -0.1) is 11.3 Å². The Morgan fingerprint density at radius 1 is 1.25 bits per heavy atom. The Kier molecular flexibility index (Phi) is 4.10. The lowest BCUT2D eigenvalue weighted by Crippen LogP contribution is -3.14. The van der Waals surface area contributed by atoms with Crippen LogP contribution in [0, 0.1) is 17.6 Å². The molecule has 1 saturated carbocycles. The number of rotatable bonds is 4. The molecule has 6 heteroatoms. The van der Waals surface area contributed by atoms with Gasteiger partial charge in [-0.25, -0.2) is 8.78 Å². The smallest absolute Gasteiger partial charge is 0.279 e. The van der Waals surface area contributed by atoms with E-state index >= 15 is 0 Å². The lowest BCUT2D eigenvalue weighted by molar-refractivity contribution is -0.928. The van der Waals surface area contributed by atoms with Crippen molar-refractivity contribution in [2.75, 3.05) is 18.4 Å². The normalized spacial score (nSPS) is 22.9. The van der Waals surface area contributed by atoms with Gasteiger partial charge in [0.05, 0.1) is 6.54 Å². The monoisotopic (exact) mass is 349 g/mol. The number of carbonyl (C=O) groups is 1. The molecule has 1 aromatic heterocycles. The summed E-state index contributed by atoms with van der Waals surface area (Å²) in [5.41, 5.74) is 1.71. The third kappa shape index (κ3) is 3.08. The first-order valence-corrected chi connectivity index (χ1v) is 9.15. The summed E-state index contributed by atoms with van der Waals surface area (Å²) in [6.07, 6.45) is 3.46. The van der Waals surface area contributed by atoms with Crippen molar-refractivity contribution in [3.63, 3.8) is 0 Å². The molecule has 2 heterocycles. The summed E-state index contributed by atoms with van der Waals surface area (Å²) in [7, 11) is 0. The number of fused-ring (bicyclic) bond motifs is 1. The van der Waals surface area contributed by atoms with Crippen LogP contribution in [0.3, 0.4) is 0 Å². The van der Waals surface area contributed by atoms with Crippen LogP contribution in [0.15, 0.2) is 29.6 Å². The number of quaternary nitrogens is 1. The van der Waals surface area contributed by atoms with E-state index in [1.807, 2.05) is 11.3 Å². The molecule has 0 saturated heterocycles. The molecule has 2 N–H and O–H groups in total. The first-order chi connectivity index (χ1) is 11.6. The Bertz CT molecular complexity index is 772. The van der Waals surface area contributed by atoms with Gasteiger partial charge in [0.25, 0.3) is 5.91 Å². The second-order valence-corrected chi connectivity index (χ2v) is 7.63. The Morgan fingerprint density at radius 2 is 2.08 bits per heavy atom. The van der Waals surface area contributed by atoms with Crippen molar-refractivity contribution in [3.8, 4) is 0 Å². The molecule has 1 aliphatic heterocycles. The molecule has 1 aromatic carbocycles. The first-order valence-electron chi connectivity index (χ1n) is 8.27. The van der Waals surface area contributed by atoms with Gasteiger partial charge in [-0.1, -0.05) is 0 Å². The van der Waals surface area contributed by atoms with Crippen LogP contribution < -0.4 is 10.2 Å². The highest BCUT2D eigenvalue weighted by Gasteiger charge is 2.43. The Morgan fingerprint density at radius 3 is 2.83 bits per heavy atom. The molecule has 3 nitrogen and oxygen atoms in total. The largest absolute Gasteiger partial charge is 0.321 e. The van der Waals surface area contributed by atoms with E-state index in [0.29, 0.717) is 24.2 Å². The van der Waals surface area contributed by atoms with E-state index in [-0.39, 0.29) is 5.91 Å². The van der Waals surface area contributed by atoms with Gasteiger partial charge in [-0.2, -0.15) is 0 Å². The molecule has 1 amide bonds. The molecule has 0 radical (unpaired) electrons. The molecular formula is C18H19F2N2OS+. The molecular weight excluding hydrogens is 330 g/mol. The lowest BCUT2D eigenvalue weighted by atomic mass is 9.96. The van der Waals surface area contributed by atoms with Gasteiger partial charge < -0.3 is 10.2 Å². The molecule has 1 aliphatic carbocycles. The van der Waals surface area contributed by atoms with Crippen LogP contribution >= 0.6 is 11.3 Å². The number of thiophene rings is 1. The second kappa shape index (κ2) is 6.26. The molecule has 0 spiro atoms. The number of halogens is 2. The van der Waals surface area contributed by atoms with E-state index < -0.39 is 11.6 Å². The quantitative estimate of drug-likeness (QED) is 0.874. The highest BCUT2D eigenvalue weighted by molar-refractivity contribution is 7.10. The first kappa shape index (κ1) is 15.7. The number of nitrogens with one attached hydrogen (secondary N) is 2. The summed E-state index contributed by atoms with van der Waals surface area (Å²) in [5, 5.41) is 4.83. The minimum Gasteiger partial charge on any atom is -0.321 e. The van der Waals surface area contributed by atoms with Gasteiger partial charge in [0.15, 0.2) is 18.2 Å². The lowest BCUT2D eigenvalue weighted by Gasteiger charge is -2.32. The minimum atomic E-state index is -0.947. The highest BCUT2D eigenvalue weighted by atomic mass is 32.1. The molecule has 0 bridgehead atoms. The van der Waals surface area contributed by atoms with Crippen LogP contribution in [0.2, 0.25) is 0 Å². The van der Waals surface area contributed by atoms with Gasteiger partial charge >= 0.3 is 0 Å². The van der Waals surface area contributed by atoms with Crippen LogP contribution in [0.1, 0.15) is 29.3 Å². The fourth-order valence-corrected chi connectivity index (χ4v) is 4.61. The summed E-state index contributed by atoms with van der Waals surface area (Å²) in [6.45, 7) is 1.30. The average Bonchev–Trinajstić information content (AvgIpc) is 3.27. The van der Waals surface area contributed by atoms with E-state index in [9.17, 15) is 13.6 Å². The standard InChI is InChI=1S/C18H18F2N2OS/c19-14-4-3-12(9-15(14)20)21-17(23)10-22-7-5-16-13(6-8-24-16)18(22)11-1-2-11/h3-4,6,8-9,11,18H,1-2,5,7,10H2,(H,21,23)/p+1/t18-/m1/s1. The van der Waals surface area contributed by atoms with Gasteiger partial charge in [0.2, 0.25) is 0 Å². The fourth-order valence-electron chi connectivity index (χ4n) is 3.68. The van der Waals surface area contributed by atoms with Crippen LogP contribution in [0.25, 0.3) is 0 Å². The van der Waals surface area contributed by atoms with Crippen molar-refractivity contribution in [2.24, 2.45) is 5.92 Å². The van der Waals surface area contributed by atoms with Crippen LogP contribution in [-0.2, 0) is 11.2 Å². The maximum Gasteiger partial charge on any atom is 0.279 e. The predicted octanol–water partition coefficient (Wildman–Crippen LogP) is 2.56. The van der Waals surface area contributed by atoms with E-state index in [1.54, 1.807) is 0 Å². The van der Waals surface area contributed by atoms with Crippen molar-refractivity contribution in [3.05, 3.63) is 51.7 Å². The zero-order valence-electron chi connectivity index (χ0n) is 13.1. The zero-order chi connectivity index (χ0) is 16.7. The summed E-state index contributed by atoms with van der Waals surface area (Å²) in [5.74, 6) is -1.34. The molecule has 1 fully saturated rings. The summed E-state index contributed by atoms with van der Waals surface area (Å²) >= 11 is 1.81. The average molecular weight is 349 g/mol. The van der Waals surface area contributed by atoms with Crippen molar-refractivity contribution >= 4 is 22.9 Å². The van der Waals surface area contributed by atoms with Crippen molar-refractivity contribution in [1.29, 1.82) is 0 Å². The number of carbonyl (C=O) groups excluding carboxylic acids is 1. The predicted molar refractivity (Wildman–Crippen MR) is 89.2 cm³/mol. The SMILES string of the molecule is O=C(C[NH+]1CCc2sccc2[C@H]1C1CC1)Nc1ccc(F)c(F)c1. The topological polar surface area (TPSA) is 33.5 Å². The Labute approximate surface area is 143 Å². The third-order valence-electron chi connectivity index (χ3n) is 4.91. The molecule has 2 aliphatic rings. The summed E-state index contributed by atoms with van der Waals surface area (Å²) < 4.78 is 26.2. The zero-order valence-corrected chi connectivity index (χ0v) is 14.0. The second-order valence-electron chi connectivity index (χ2n) is 6.63. The van der Waals surface area contributed by atoms with Crippen LogP contribution in [-0.4, -0.2) is 19.0 Å². The number of benzene rings is 1. The van der Waals surface area contributed by atoms with Gasteiger partial charge in [0.1, 0.15) is 6.04 Å². The molecule has 24 heavy (non-hydrogen) atoms. The van der Waals surface area contributed by atoms with Crippen molar-refractivity contribution in [1.82, 2.24) is 0 Å². The maximum absolute atomic E-state index is 13.3. The van der Waals surface area contributed by atoms with Crippen LogP contribution in [0.4, 0.5) is 14.5 Å². The van der Waals surface area contributed by atoms with E-state index in [0.717, 1.165) is 25.1 Å². The molecule has 2 aromatic rings. The number of hydrogen-bond acceptors (Lipinski definition) is 2. The van der Waals surface area contributed by atoms with E-state index in [2.05, 4.69) is 16.8 Å². The fraction of sp³-hybridized carbons (Fsp3) is 0.389. The van der Waals surface area contributed by atoms with Crippen molar-refractivity contribution in [2.45, 2.75) is 25.3 Å². The van der Waals surface area contributed by atoms with Gasteiger partial charge in [-0.05, 0) is 36.4 Å². The van der Waals surface area contributed by atoms with Crippen molar-refractivity contribution < 1.29 is 18.5 Å². The molecule has 2 atom stereocenters. The van der Waals surface area contributed by atoms with Gasteiger partial charge in [-0.3, -0.25) is 4.79 Å². The van der Waals surface area contributed by atoms with E-state index in [4.69, 9.17) is 0 Å². The molecule has 4 rings (SSSR count). The Balaban J connectivity index is 1.46. The number of amides is 1. The van der Waals surface area contributed by atoms with Gasteiger partial charge in [0, 0.05) is 34.5 Å². The van der Waals surface area contributed by atoms with Crippen LogP contribution in [0.5, 0.6) is 0 Å². The van der Waals surface area contributed by atoms with E-state index in [1.165, 1.54) is 34.2 Å². The number of hydrogen-bond donors (Lipinski definition) is 2. The molecule has 1 unspecified atom stereocenters. The third-order valence-corrected chi connectivity index (χ3v) is 5.91. The Hall–Kier alpha value is -1.79. The summed E-state index contributed by atoms with van der Waals surface area (Å²) in [6, 6.07) is 6.04. The minimum absolute atomic E-state index is 0.152. The maximum atomic E-state index is 13.3. The highest BCUT2D eigenvalue weighted by Crippen LogP contribution is 2.42. The summed E-state index contributed by atoms with van der Waals surface area (Å²) in [4.78, 5) is 15.1.